The molecule has 4 rings (SSSR count). The highest BCUT2D eigenvalue weighted by Crippen LogP contribution is 2.42. The number of morpholine rings is 1. The van der Waals surface area contributed by atoms with Gasteiger partial charge in [-0.2, -0.15) is 0 Å². The van der Waals surface area contributed by atoms with Crippen molar-refractivity contribution in [3.05, 3.63) is 65.2 Å². The Morgan fingerprint density at radius 3 is 2.50 bits per heavy atom. The number of anilines is 1. The van der Waals surface area contributed by atoms with Crippen LogP contribution in [-0.4, -0.2) is 54.7 Å². The Kier molecular flexibility index (Phi) is 5.99. The van der Waals surface area contributed by atoms with E-state index in [0.717, 1.165) is 25.9 Å². The van der Waals surface area contributed by atoms with Crippen molar-refractivity contribution in [2.45, 2.75) is 31.8 Å². The van der Waals surface area contributed by atoms with Gasteiger partial charge in [-0.05, 0) is 18.1 Å². The number of benzene rings is 2. The lowest BCUT2D eigenvalue weighted by atomic mass is 9.88. The van der Waals surface area contributed by atoms with Crippen molar-refractivity contribution in [3.8, 4) is 0 Å². The van der Waals surface area contributed by atoms with Gasteiger partial charge in [0.2, 0.25) is 0 Å². The van der Waals surface area contributed by atoms with E-state index in [1.54, 1.807) is 29.2 Å². The minimum absolute atomic E-state index is 0.239. The van der Waals surface area contributed by atoms with E-state index in [1.807, 2.05) is 24.3 Å². The van der Waals surface area contributed by atoms with E-state index < -0.39 is 11.5 Å². The maximum atomic E-state index is 13.3. The molecule has 0 spiro atoms. The Morgan fingerprint density at radius 1 is 1.10 bits per heavy atom. The van der Waals surface area contributed by atoms with Gasteiger partial charge >= 0.3 is 0 Å². The number of amides is 1. The standard InChI is InChI=1S/C24H28N2O4/c1-2-5-18-8-10-19(11-9-18)22(27)16-24(29)20-6-3-4-7-21(20)26(23(24)28)17-25-12-14-30-15-13-25/h3-4,6-11,29H,2,5,12-17H2,1H3/t24-/m0/s1. The first kappa shape index (κ1) is 20.7. The Morgan fingerprint density at radius 2 is 1.80 bits per heavy atom. The first-order chi connectivity index (χ1) is 14.5. The zero-order valence-corrected chi connectivity index (χ0v) is 17.3. The number of aryl methyl sites for hydroxylation is 1. The molecule has 6 heteroatoms. The van der Waals surface area contributed by atoms with E-state index in [9.17, 15) is 14.7 Å². The number of Topliss-reactive ketones (excluding diaryl/α,β-unsaturated/α-hetero) is 1. The highest BCUT2D eigenvalue weighted by atomic mass is 16.5. The molecule has 158 valence electrons. The number of para-hydroxylation sites is 1. The number of rotatable bonds is 7. The number of carbonyl (C=O) groups excluding carboxylic acids is 2. The molecule has 2 aromatic rings. The topological polar surface area (TPSA) is 70.1 Å². The number of hydrogen-bond donors (Lipinski definition) is 1. The van der Waals surface area contributed by atoms with Gasteiger partial charge in [-0.1, -0.05) is 55.8 Å². The molecule has 2 aromatic carbocycles. The Balaban J connectivity index is 1.57. The second kappa shape index (κ2) is 8.68. The van der Waals surface area contributed by atoms with E-state index in [2.05, 4.69) is 11.8 Å². The van der Waals surface area contributed by atoms with Crippen LogP contribution in [0, 0.1) is 0 Å². The van der Waals surface area contributed by atoms with Crippen LogP contribution in [0.25, 0.3) is 0 Å². The zero-order valence-electron chi connectivity index (χ0n) is 17.3. The third-order valence-electron chi connectivity index (χ3n) is 5.92. The number of ether oxygens (including phenoxy) is 1. The summed E-state index contributed by atoms with van der Waals surface area (Å²) in [4.78, 5) is 30.0. The van der Waals surface area contributed by atoms with Gasteiger partial charge in [0.15, 0.2) is 11.4 Å². The van der Waals surface area contributed by atoms with Crippen molar-refractivity contribution in [1.29, 1.82) is 0 Å². The SMILES string of the molecule is CCCc1ccc(C(=O)C[C@@]2(O)C(=O)N(CN3CCOCC3)c3ccccc32)cc1. The van der Waals surface area contributed by atoms with Crippen LogP contribution in [0.2, 0.25) is 0 Å². The largest absolute Gasteiger partial charge is 0.379 e. The number of aliphatic hydroxyl groups is 1. The fourth-order valence-electron chi connectivity index (χ4n) is 4.24. The average molecular weight is 408 g/mol. The van der Waals surface area contributed by atoms with Gasteiger partial charge < -0.3 is 9.84 Å². The third-order valence-corrected chi connectivity index (χ3v) is 5.92. The number of ketones is 1. The highest BCUT2D eigenvalue weighted by molar-refractivity contribution is 6.10. The molecule has 0 unspecified atom stereocenters. The van der Waals surface area contributed by atoms with Crippen LogP contribution in [-0.2, 0) is 21.6 Å². The number of nitrogens with zero attached hydrogens (tertiary/aromatic N) is 2. The van der Waals surface area contributed by atoms with Gasteiger partial charge in [0.05, 0.1) is 32.0 Å². The predicted molar refractivity (Wildman–Crippen MR) is 114 cm³/mol. The van der Waals surface area contributed by atoms with Crippen LogP contribution in [0.5, 0.6) is 0 Å². The van der Waals surface area contributed by atoms with Crippen LogP contribution in [0.3, 0.4) is 0 Å². The summed E-state index contributed by atoms with van der Waals surface area (Å²) >= 11 is 0. The maximum absolute atomic E-state index is 13.3. The van der Waals surface area contributed by atoms with Crippen LogP contribution in [0.1, 0.15) is 41.3 Å². The fraction of sp³-hybridized carbons (Fsp3) is 0.417. The monoisotopic (exact) mass is 408 g/mol. The molecule has 2 heterocycles. The summed E-state index contributed by atoms with van der Waals surface area (Å²) in [7, 11) is 0. The first-order valence-electron chi connectivity index (χ1n) is 10.6. The Hall–Kier alpha value is -2.54. The molecular formula is C24H28N2O4. The van der Waals surface area contributed by atoms with Gasteiger partial charge in [0, 0.05) is 24.2 Å². The molecule has 2 aliphatic heterocycles. The van der Waals surface area contributed by atoms with Crippen molar-refractivity contribution in [2.75, 3.05) is 37.9 Å². The van der Waals surface area contributed by atoms with Gasteiger partial charge in [0.1, 0.15) is 0 Å². The lowest BCUT2D eigenvalue weighted by Gasteiger charge is -2.31. The van der Waals surface area contributed by atoms with E-state index >= 15 is 0 Å². The van der Waals surface area contributed by atoms with E-state index in [-0.39, 0.29) is 12.2 Å². The second-order valence-electron chi connectivity index (χ2n) is 8.03. The summed E-state index contributed by atoms with van der Waals surface area (Å²) in [5.74, 6) is -0.678. The summed E-state index contributed by atoms with van der Waals surface area (Å²) in [5.41, 5.74) is 1.01. The van der Waals surface area contributed by atoms with Crippen molar-refractivity contribution in [2.24, 2.45) is 0 Å². The summed E-state index contributed by atoms with van der Waals surface area (Å²) in [5, 5.41) is 11.4. The zero-order chi connectivity index (χ0) is 21.1. The Bertz CT molecular complexity index is 921. The molecule has 0 saturated carbocycles. The molecule has 0 bridgehead atoms. The van der Waals surface area contributed by atoms with Gasteiger partial charge in [-0.3, -0.25) is 19.4 Å². The summed E-state index contributed by atoms with van der Waals surface area (Å²) in [6.07, 6.45) is 1.73. The lowest BCUT2D eigenvalue weighted by Crippen LogP contribution is -2.49. The second-order valence-corrected chi connectivity index (χ2v) is 8.03. The first-order valence-corrected chi connectivity index (χ1v) is 10.6. The molecular weight excluding hydrogens is 380 g/mol. The van der Waals surface area contributed by atoms with Crippen molar-refractivity contribution in [3.63, 3.8) is 0 Å². The highest BCUT2D eigenvalue weighted by Gasteiger charge is 2.51. The normalized spacial score (nSPS) is 21.7. The van der Waals surface area contributed by atoms with E-state index in [0.29, 0.717) is 36.7 Å². The van der Waals surface area contributed by atoms with E-state index in [4.69, 9.17) is 4.74 Å². The van der Waals surface area contributed by atoms with Crippen LogP contribution >= 0.6 is 0 Å². The quantitative estimate of drug-likeness (QED) is 0.714. The molecule has 0 radical (unpaired) electrons. The predicted octanol–water partition coefficient (Wildman–Crippen LogP) is 2.74. The fourth-order valence-corrected chi connectivity index (χ4v) is 4.24. The maximum Gasteiger partial charge on any atom is 0.265 e. The molecule has 0 aromatic heterocycles. The molecule has 1 N–H and O–H groups in total. The minimum atomic E-state index is -1.85. The van der Waals surface area contributed by atoms with Crippen molar-refractivity contribution in [1.82, 2.24) is 4.90 Å². The summed E-state index contributed by atoms with van der Waals surface area (Å²) < 4.78 is 5.39. The number of hydrogen-bond acceptors (Lipinski definition) is 5. The smallest absolute Gasteiger partial charge is 0.265 e. The molecule has 1 saturated heterocycles. The molecule has 1 fully saturated rings. The molecule has 30 heavy (non-hydrogen) atoms. The molecule has 1 amide bonds. The van der Waals surface area contributed by atoms with Crippen LogP contribution in [0.4, 0.5) is 5.69 Å². The van der Waals surface area contributed by atoms with Crippen molar-refractivity contribution < 1.29 is 19.4 Å². The third kappa shape index (κ3) is 3.90. The lowest BCUT2D eigenvalue weighted by molar-refractivity contribution is -0.136. The van der Waals surface area contributed by atoms with Crippen LogP contribution in [0.15, 0.2) is 48.5 Å². The average Bonchev–Trinajstić information content (AvgIpc) is 2.97. The molecule has 2 aliphatic rings. The minimum Gasteiger partial charge on any atom is -0.379 e. The van der Waals surface area contributed by atoms with Gasteiger partial charge in [-0.15, -0.1) is 0 Å². The molecule has 6 nitrogen and oxygen atoms in total. The van der Waals surface area contributed by atoms with Crippen molar-refractivity contribution >= 4 is 17.4 Å². The number of carbonyl (C=O) groups is 2. The van der Waals surface area contributed by atoms with Gasteiger partial charge in [-0.25, -0.2) is 0 Å². The summed E-state index contributed by atoms with van der Waals surface area (Å²) in [6.45, 7) is 5.20. The number of fused-ring (bicyclic) bond motifs is 1. The summed E-state index contributed by atoms with van der Waals surface area (Å²) in [6, 6.07) is 14.7. The Labute approximate surface area is 177 Å². The van der Waals surface area contributed by atoms with E-state index in [1.165, 1.54) is 5.56 Å². The van der Waals surface area contributed by atoms with Crippen LogP contribution < -0.4 is 4.90 Å². The molecule has 1 atom stereocenters. The molecule has 0 aliphatic carbocycles. The van der Waals surface area contributed by atoms with Gasteiger partial charge in [0.25, 0.3) is 5.91 Å².